The van der Waals surface area contributed by atoms with Crippen LogP contribution in [0.5, 0.6) is 0 Å². The van der Waals surface area contributed by atoms with Crippen LogP contribution in [-0.2, 0) is 0 Å². The second-order valence-corrected chi connectivity index (χ2v) is 5.67. The van der Waals surface area contributed by atoms with E-state index in [9.17, 15) is 0 Å². The second-order valence-electron chi connectivity index (χ2n) is 5.67. The van der Waals surface area contributed by atoms with Gasteiger partial charge >= 0.3 is 0 Å². The third-order valence-corrected chi connectivity index (χ3v) is 4.14. The highest BCUT2D eigenvalue weighted by Gasteiger charge is 2.32. The minimum Gasteiger partial charge on any atom is -0.0798 e. The van der Waals surface area contributed by atoms with Crippen molar-refractivity contribution in [2.45, 2.75) is 46.5 Å². The minimum absolute atomic E-state index is 0.799. The average Bonchev–Trinajstić information content (AvgIpc) is 2.69. The first-order chi connectivity index (χ1) is 7.18. The highest BCUT2D eigenvalue weighted by Crippen LogP contribution is 2.42. The summed E-state index contributed by atoms with van der Waals surface area (Å²) in [6.45, 7) is 7.17. The van der Waals surface area contributed by atoms with E-state index in [0.29, 0.717) is 0 Å². The molecule has 0 aromatic rings. The topological polar surface area (TPSA) is 0 Å². The molecule has 1 fully saturated rings. The quantitative estimate of drug-likeness (QED) is 0.624. The molecule has 0 heterocycles. The van der Waals surface area contributed by atoms with Crippen LogP contribution in [0, 0.1) is 29.7 Å². The zero-order valence-corrected chi connectivity index (χ0v) is 10.3. The number of hydrogen-bond acceptors (Lipinski definition) is 0. The summed E-state index contributed by atoms with van der Waals surface area (Å²) in [5.41, 5.74) is 1.51. The van der Waals surface area contributed by atoms with Crippen molar-refractivity contribution in [3.63, 3.8) is 0 Å². The first-order valence-corrected chi connectivity index (χ1v) is 6.45. The molecule has 0 saturated heterocycles. The molecule has 3 unspecified atom stereocenters. The van der Waals surface area contributed by atoms with E-state index < -0.39 is 0 Å². The Morgan fingerprint density at radius 3 is 2.73 bits per heavy atom. The fourth-order valence-electron chi connectivity index (χ4n) is 3.24. The van der Waals surface area contributed by atoms with Crippen molar-refractivity contribution < 1.29 is 0 Å². The van der Waals surface area contributed by atoms with Gasteiger partial charge in [0.15, 0.2) is 0 Å². The van der Waals surface area contributed by atoms with Gasteiger partial charge in [0.25, 0.3) is 0 Å². The van der Waals surface area contributed by atoms with Gasteiger partial charge < -0.3 is 0 Å². The van der Waals surface area contributed by atoms with E-state index in [1.165, 1.54) is 24.8 Å². The van der Waals surface area contributed by atoms with Crippen molar-refractivity contribution in [1.29, 1.82) is 0 Å². The summed E-state index contributed by atoms with van der Waals surface area (Å²) in [4.78, 5) is 0. The predicted octanol–water partition coefficient (Wildman–Crippen LogP) is 4.38. The molecule has 0 heteroatoms. The van der Waals surface area contributed by atoms with Crippen LogP contribution in [0.1, 0.15) is 46.5 Å². The third kappa shape index (κ3) is 2.35. The third-order valence-electron chi connectivity index (χ3n) is 4.14. The van der Waals surface area contributed by atoms with Crippen molar-refractivity contribution in [2.75, 3.05) is 0 Å². The fourth-order valence-corrected chi connectivity index (χ4v) is 3.24. The van der Waals surface area contributed by atoms with E-state index in [4.69, 9.17) is 0 Å². The maximum Gasteiger partial charge on any atom is -0.00884 e. The first kappa shape index (κ1) is 11.0. The van der Waals surface area contributed by atoms with E-state index in [0.717, 1.165) is 30.1 Å². The summed E-state index contributed by atoms with van der Waals surface area (Å²) in [6, 6.07) is 0. The van der Waals surface area contributed by atoms with Crippen LogP contribution in [0.2, 0.25) is 0 Å². The highest BCUT2D eigenvalue weighted by atomic mass is 14.4. The molecule has 0 bridgehead atoms. The standard InChI is InChI=1S/C15H23/c1-11(2)14-9-8-12(3)10-15(14)13-6-4-5-7-13/h4,6,11-12,14-15H,5,8-10H2,1-3H3. The Kier molecular flexibility index (Phi) is 3.33. The molecule has 15 heavy (non-hydrogen) atoms. The molecule has 1 radical (unpaired) electrons. The Balaban J connectivity index is 2.12. The lowest BCUT2D eigenvalue weighted by Gasteiger charge is -2.37. The normalized spacial score (nSPS) is 36.0. The van der Waals surface area contributed by atoms with Gasteiger partial charge in [-0.2, -0.15) is 0 Å². The van der Waals surface area contributed by atoms with Gasteiger partial charge in [-0.3, -0.25) is 0 Å². The van der Waals surface area contributed by atoms with Crippen LogP contribution in [0.25, 0.3) is 0 Å². The SMILES string of the molecule is CC1CCC(C(C)C)C(C2=[C]CC=C2)C1. The Labute approximate surface area is 94.5 Å². The van der Waals surface area contributed by atoms with Crippen LogP contribution in [-0.4, -0.2) is 0 Å². The van der Waals surface area contributed by atoms with Crippen molar-refractivity contribution in [3.05, 3.63) is 23.8 Å². The molecular formula is C15H23. The average molecular weight is 203 g/mol. The molecule has 83 valence electrons. The van der Waals surface area contributed by atoms with Crippen LogP contribution < -0.4 is 0 Å². The molecule has 1 saturated carbocycles. The Bertz CT molecular complexity index is 270. The van der Waals surface area contributed by atoms with E-state index in [-0.39, 0.29) is 0 Å². The van der Waals surface area contributed by atoms with Gasteiger partial charge in [0, 0.05) is 0 Å². The summed E-state index contributed by atoms with van der Waals surface area (Å²) in [5.74, 6) is 3.43. The first-order valence-electron chi connectivity index (χ1n) is 6.45. The summed E-state index contributed by atoms with van der Waals surface area (Å²) in [7, 11) is 0. The Morgan fingerprint density at radius 1 is 1.33 bits per heavy atom. The van der Waals surface area contributed by atoms with Crippen LogP contribution >= 0.6 is 0 Å². The molecule has 0 N–H and O–H groups in total. The van der Waals surface area contributed by atoms with Gasteiger partial charge in [-0.25, -0.2) is 0 Å². The van der Waals surface area contributed by atoms with Crippen LogP contribution in [0.3, 0.4) is 0 Å². The van der Waals surface area contributed by atoms with Crippen LogP contribution in [0.15, 0.2) is 17.7 Å². The molecule has 0 amide bonds. The number of hydrogen-bond donors (Lipinski definition) is 0. The van der Waals surface area contributed by atoms with E-state index in [1.807, 2.05) is 0 Å². The monoisotopic (exact) mass is 203 g/mol. The predicted molar refractivity (Wildman–Crippen MR) is 65.3 cm³/mol. The largest absolute Gasteiger partial charge is 0.0798 e. The lowest BCUT2D eigenvalue weighted by molar-refractivity contribution is 0.172. The highest BCUT2D eigenvalue weighted by molar-refractivity contribution is 5.26. The molecular weight excluding hydrogens is 180 g/mol. The smallest absolute Gasteiger partial charge is 0.00884 e. The summed E-state index contributed by atoms with van der Waals surface area (Å²) >= 11 is 0. The molecule has 3 atom stereocenters. The zero-order chi connectivity index (χ0) is 10.8. The maximum absolute atomic E-state index is 3.54. The van der Waals surface area contributed by atoms with Gasteiger partial charge in [0.2, 0.25) is 0 Å². The fraction of sp³-hybridized carbons (Fsp3) is 0.733. The lowest BCUT2D eigenvalue weighted by Crippen LogP contribution is -2.28. The Hall–Kier alpha value is -0.520. The zero-order valence-electron chi connectivity index (χ0n) is 10.3. The number of allylic oxidation sites excluding steroid dienone is 4. The van der Waals surface area contributed by atoms with E-state index in [1.54, 1.807) is 0 Å². The van der Waals surface area contributed by atoms with Crippen LogP contribution in [0.4, 0.5) is 0 Å². The molecule has 2 aliphatic rings. The molecule has 0 aliphatic heterocycles. The lowest BCUT2D eigenvalue weighted by atomic mass is 9.67. The molecule has 2 rings (SSSR count). The second kappa shape index (κ2) is 4.55. The maximum atomic E-state index is 3.54. The minimum atomic E-state index is 0.799. The van der Waals surface area contributed by atoms with Crippen molar-refractivity contribution in [1.82, 2.24) is 0 Å². The van der Waals surface area contributed by atoms with Crippen molar-refractivity contribution in [3.8, 4) is 0 Å². The van der Waals surface area contributed by atoms with Gasteiger partial charge in [0.1, 0.15) is 0 Å². The van der Waals surface area contributed by atoms with Gasteiger partial charge in [-0.05, 0) is 54.6 Å². The molecule has 0 nitrogen and oxygen atoms in total. The van der Waals surface area contributed by atoms with Gasteiger partial charge in [-0.1, -0.05) is 39.3 Å². The van der Waals surface area contributed by atoms with Crippen molar-refractivity contribution >= 4 is 0 Å². The summed E-state index contributed by atoms with van der Waals surface area (Å²) in [5, 5.41) is 0. The molecule has 0 aromatic carbocycles. The van der Waals surface area contributed by atoms with Gasteiger partial charge in [0.05, 0.1) is 0 Å². The Morgan fingerprint density at radius 2 is 2.13 bits per heavy atom. The molecule has 0 aromatic heterocycles. The van der Waals surface area contributed by atoms with E-state index in [2.05, 4.69) is 39.0 Å². The molecule has 2 aliphatic carbocycles. The molecule has 0 spiro atoms. The summed E-state index contributed by atoms with van der Waals surface area (Å²) < 4.78 is 0. The van der Waals surface area contributed by atoms with E-state index >= 15 is 0 Å². The van der Waals surface area contributed by atoms with Gasteiger partial charge in [-0.15, -0.1) is 0 Å². The summed E-state index contributed by atoms with van der Waals surface area (Å²) in [6.07, 6.45) is 13.4. The van der Waals surface area contributed by atoms with Crippen molar-refractivity contribution in [2.24, 2.45) is 23.7 Å². The number of rotatable bonds is 2.